The summed E-state index contributed by atoms with van der Waals surface area (Å²) in [4.78, 5) is 4.37. The van der Waals surface area contributed by atoms with Crippen LogP contribution in [0.3, 0.4) is 0 Å². The highest BCUT2D eigenvalue weighted by Crippen LogP contribution is 2.30. The van der Waals surface area contributed by atoms with Gasteiger partial charge in [-0.15, -0.1) is 0 Å². The quantitative estimate of drug-likeness (QED) is 0.909. The fourth-order valence-electron chi connectivity index (χ4n) is 1.64. The van der Waals surface area contributed by atoms with Crippen molar-refractivity contribution in [3.05, 3.63) is 34.6 Å². The normalized spacial score (nSPS) is 13.6. The zero-order chi connectivity index (χ0) is 14.2. The first kappa shape index (κ1) is 14.0. The summed E-state index contributed by atoms with van der Waals surface area (Å²) in [7, 11) is 0. The van der Waals surface area contributed by atoms with Crippen molar-refractivity contribution in [2.75, 3.05) is 0 Å². The number of nitrogens with two attached hydrogens (primary N) is 1. The van der Waals surface area contributed by atoms with Crippen LogP contribution in [0.4, 0.5) is 0 Å². The molecule has 2 N–H and O–H groups in total. The van der Waals surface area contributed by atoms with Gasteiger partial charge in [0.15, 0.2) is 5.82 Å². The Hall–Kier alpha value is -1.39. The van der Waals surface area contributed by atoms with Crippen LogP contribution in [-0.2, 0) is 0 Å². The maximum absolute atomic E-state index is 6.11. The zero-order valence-corrected chi connectivity index (χ0v) is 12.3. The Morgan fingerprint density at radius 2 is 2.00 bits per heavy atom. The van der Waals surface area contributed by atoms with Crippen molar-refractivity contribution in [2.45, 2.75) is 33.7 Å². The van der Waals surface area contributed by atoms with Crippen LogP contribution in [0.25, 0.3) is 11.5 Å². The number of nitrogens with zero attached hydrogens (tertiary/aromatic N) is 2. The SMILES string of the molecule is Cc1cc(-c2nc(C(N)C(C)(C)C)no2)ccc1Cl. The second kappa shape index (κ2) is 4.94. The van der Waals surface area contributed by atoms with Gasteiger partial charge in [-0.05, 0) is 36.1 Å². The predicted octanol–water partition coefficient (Wildman–Crippen LogP) is 3.74. The van der Waals surface area contributed by atoms with E-state index in [1.807, 2.05) is 45.9 Å². The van der Waals surface area contributed by atoms with E-state index >= 15 is 0 Å². The van der Waals surface area contributed by atoms with Crippen molar-refractivity contribution in [2.24, 2.45) is 11.1 Å². The van der Waals surface area contributed by atoms with Gasteiger partial charge in [-0.1, -0.05) is 37.5 Å². The van der Waals surface area contributed by atoms with Gasteiger partial charge in [0.1, 0.15) is 0 Å². The molecule has 5 heteroatoms. The Morgan fingerprint density at radius 3 is 2.58 bits per heavy atom. The van der Waals surface area contributed by atoms with E-state index in [4.69, 9.17) is 21.9 Å². The first-order valence-electron chi connectivity index (χ1n) is 6.15. The van der Waals surface area contributed by atoms with E-state index in [9.17, 15) is 0 Å². The summed E-state index contributed by atoms with van der Waals surface area (Å²) in [6, 6.07) is 5.33. The summed E-state index contributed by atoms with van der Waals surface area (Å²) in [6.45, 7) is 8.06. The second-order valence-electron chi connectivity index (χ2n) is 5.77. The van der Waals surface area contributed by atoms with Crippen molar-refractivity contribution in [1.82, 2.24) is 10.1 Å². The molecule has 0 radical (unpaired) electrons. The van der Waals surface area contributed by atoms with Crippen LogP contribution in [0, 0.1) is 12.3 Å². The fraction of sp³-hybridized carbons (Fsp3) is 0.429. The van der Waals surface area contributed by atoms with Gasteiger partial charge < -0.3 is 10.3 Å². The molecule has 0 spiro atoms. The lowest BCUT2D eigenvalue weighted by molar-refractivity contribution is 0.303. The highest BCUT2D eigenvalue weighted by Gasteiger charge is 2.27. The monoisotopic (exact) mass is 279 g/mol. The van der Waals surface area contributed by atoms with E-state index in [0.29, 0.717) is 11.7 Å². The summed E-state index contributed by atoms with van der Waals surface area (Å²) < 4.78 is 5.28. The average Bonchev–Trinajstić information content (AvgIpc) is 2.79. The highest BCUT2D eigenvalue weighted by atomic mass is 35.5. The minimum absolute atomic E-state index is 0.114. The first-order chi connectivity index (χ1) is 8.79. The molecule has 0 aliphatic carbocycles. The van der Waals surface area contributed by atoms with Crippen molar-refractivity contribution < 1.29 is 4.52 Å². The third kappa shape index (κ3) is 2.96. The standard InChI is InChI=1S/C14H18ClN3O/c1-8-7-9(5-6-10(8)15)13-17-12(18-19-13)11(16)14(2,3)4/h5-7,11H,16H2,1-4H3. The minimum Gasteiger partial charge on any atom is -0.334 e. The lowest BCUT2D eigenvalue weighted by atomic mass is 9.87. The van der Waals surface area contributed by atoms with Crippen LogP contribution >= 0.6 is 11.6 Å². The molecule has 1 aromatic carbocycles. The molecule has 1 unspecified atom stereocenters. The predicted molar refractivity (Wildman–Crippen MR) is 75.9 cm³/mol. The molecule has 1 aromatic heterocycles. The Morgan fingerprint density at radius 1 is 1.32 bits per heavy atom. The first-order valence-corrected chi connectivity index (χ1v) is 6.52. The smallest absolute Gasteiger partial charge is 0.257 e. The summed E-state index contributed by atoms with van der Waals surface area (Å²) >= 11 is 6.00. The number of halogens is 1. The topological polar surface area (TPSA) is 64.9 Å². The molecule has 0 amide bonds. The largest absolute Gasteiger partial charge is 0.334 e. The lowest BCUT2D eigenvalue weighted by Gasteiger charge is -2.23. The van der Waals surface area contributed by atoms with E-state index in [0.717, 1.165) is 16.1 Å². The molecule has 102 valence electrons. The Balaban J connectivity index is 2.33. The Bertz CT molecular complexity index is 587. The fourth-order valence-corrected chi connectivity index (χ4v) is 1.76. The average molecular weight is 280 g/mol. The molecule has 2 rings (SSSR count). The highest BCUT2D eigenvalue weighted by molar-refractivity contribution is 6.31. The third-order valence-electron chi connectivity index (χ3n) is 3.06. The molecular formula is C14H18ClN3O. The second-order valence-corrected chi connectivity index (χ2v) is 6.17. The molecular weight excluding hydrogens is 262 g/mol. The Labute approximate surface area is 118 Å². The van der Waals surface area contributed by atoms with Crippen molar-refractivity contribution in [3.63, 3.8) is 0 Å². The van der Waals surface area contributed by atoms with Gasteiger partial charge in [-0.25, -0.2) is 0 Å². The van der Waals surface area contributed by atoms with Crippen molar-refractivity contribution >= 4 is 11.6 Å². The number of hydrogen-bond donors (Lipinski definition) is 1. The molecule has 1 heterocycles. The molecule has 0 fully saturated rings. The summed E-state index contributed by atoms with van der Waals surface area (Å²) in [5, 5.41) is 4.68. The molecule has 0 aliphatic rings. The number of benzene rings is 1. The molecule has 0 saturated carbocycles. The van der Waals surface area contributed by atoms with Crippen LogP contribution in [0.1, 0.15) is 38.2 Å². The van der Waals surface area contributed by atoms with Gasteiger partial charge in [0.2, 0.25) is 0 Å². The van der Waals surface area contributed by atoms with Gasteiger partial charge >= 0.3 is 0 Å². The molecule has 0 bridgehead atoms. The van der Waals surface area contributed by atoms with Crippen LogP contribution < -0.4 is 5.73 Å². The third-order valence-corrected chi connectivity index (χ3v) is 3.48. The van der Waals surface area contributed by atoms with Gasteiger partial charge in [0.05, 0.1) is 6.04 Å². The molecule has 0 aliphatic heterocycles. The summed E-state index contributed by atoms with van der Waals surface area (Å²) in [6.07, 6.45) is 0. The van der Waals surface area contributed by atoms with Crippen molar-refractivity contribution in [1.29, 1.82) is 0 Å². The minimum atomic E-state index is -0.265. The van der Waals surface area contributed by atoms with E-state index in [1.54, 1.807) is 0 Å². The van der Waals surface area contributed by atoms with E-state index < -0.39 is 0 Å². The molecule has 4 nitrogen and oxygen atoms in total. The van der Waals surface area contributed by atoms with Crippen LogP contribution in [-0.4, -0.2) is 10.1 Å². The lowest BCUT2D eigenvalue weighted by Crippen LogP contribution is -2.27. The van der Waals surface area contributed by atoms with Gasteiger partial charge in [0, 0.05) is 10.6 Å². The Kier molecular flexibility index (Phi) is 3.65. The zero-order valence-electron chi connectivity index (χ0n) is 11.6. The van der Waals surface area contributed by atoms with Crippen LogP contribution in [0.15, 0.2) is 22.7 Å². The van der Waals surface area contributed by atoms with E-state index in [1.165, 1.54) is 0 Å². The molecule has 1 atom stereocenters. The van der Waals surface area contributed by atoms with Crippen molar-refractivity contribution in [3.8, 4) is 11.5 Å². The van der Waals surface area contributed by atoms with E-state index in [2.05, 4.69) is 10.1 Å². The van der Waals surface area contributed by atoms with Gasteiger partial charge in [-0.2, -0.15) is 4.98 Å². The van der Waals surface area contributed by atoms with Crippen LogP contribution in [0.5, 0.6) is 0 Å². The number of aryl methyl sites for hydroxylation is 1. The van der Waals surface area contributed by atoms with Gasteiger partial charge in [-0.3, -0.25) is 0 Å². The summed E-state index contributed by atoms with van der Waals surface area (Å²) in [5.74, 6) is 0.990. The number of aromatic nitrogens is 2. The molecule has 0 saturated heterocycles. The van der Waals surface area contributed by atoms with Crippen LogP contribution in [0.2, 0.25) is 5.02 Å². The maximum atomic E-state index is 6.11. The molecule has 19 heavy (non-hydrogen) atoms. The summed E-state index contributed by atoms with van der Waals surface area (Å²) in [5.41, 5.74) is 7.82. The number of hydrogen-bond acceptors (Lipinski definition) is 4. The van der Waals surface area contributed by atoms with Gasteiger partial charge in [0.25, 0.3) is 5.89 Å². The van der Waals surface area contributed by atoms with E-state index in [-0.39, 0.29) is 11.5 Å². The molecule has 2 aromatic rings. The maximum Gasteiger partial charge on any atom is 0.257 e. The number of rotatable bonds is 2.